The minimum Gasteiger partial charge on any atom is -0.399 e. The van der Waals surface area contributed by atoms with Crippen LogP contribution in [0.1, 0.15) is 5.56 Å². The summed E-state index contributed by atoms with van der Waals surface area (Å²) in [5.74, 6) is 0.799. The van der Waals surface area contributed by atoms with E-state index in [0.29, 0.717) is 0 Å². The second-order valence-electron chi connectivity index (χ2n) is 4.24. The number of nitrogen functional groups attached to an aromatic ring is 1. The molecule has 2 aromatic carbocycles. The number of thioether (sulfide) groups is 1. The predicted octanol–water partition coefficient (Wildman–Crippen LogP) is 2.54. The van der Waals surface area contributed by atoms with Crippen LogP contribution in [0.3, 0.4) is 0 Å². The Morgan fingerprint density at radius 1 is 1.00 bits per heavy atom. The van der Waals surface area contributed by atoms with Gasteiger partial charge in [0.25, 0.3) is 0 Å². The molecule has 0 saturated heterocycles. The molecule has 0 bridgehead atoms. The number of anilines is 1. The molecule has 0 radical (unpaired) electrons. The van der Waals surface area contributed by atoms with Crippen LogP contribution in [0.2, 0.25) is 0 Å². The Morgan fingerprint density at radius 3 is 2.50 bits per heavy atom. The van der Waals surface area contributed by atoms with Crippen LogP contribution in [0.25, 0.3) is 5.69 Å². The second kappa shape index (κ2) is 5.75. The number of rotatable bonds is 4. The van der Waals surface area contributed by atoms with Crippen molar-refractivity contribution >= 4 is 17.4 Å². The maximum atomic E-state index is 5.67. The van der Waals surface area contributed by atoms with Crippen LogP contribution in [-0.2, 0) is 5.75 Å². The molecule has 2 N–H and O–H groups in total. The van der Waals surface area contributed by atoms with Crippen LogP contribution in [0.5, 0.6) is 0 Å². The molecule has 5 nitrogen and oxygen atoms in total. The molecule has 1 heterocycles. The van der Waals surface area contributed by atoms with Crippen LogP contribution in [-0.4, -0.2) is 20.2 Å². The van der Waals surface area contributed by atoms with Crippen molar-refractivity contribution in [2.24, 2.45) is 0 Å². The Balaban J connectivity index is 1.76. The highest BCUT2D eigenvalue weighted by molar-refractivity contribution is 7.98. The minimum absolute atomic E-state index is 0.771. The third kappa shape index (κ3) is 2.80. The van der Waals surface area contributed by atoms with E-state index >= 15 is 0 Å². The largest absolute Gasteiger partial charge is 0.399 e. The van der Waals surface area contributed by atoms with E-state index in [0.717, 1.165) is 22.3 Å². The van der Waals surface area contributed by atoms with E-state index in [-0.39, 0.29) is 0 Å². The Bertz CT molecular complexity index is 678. The lowest BCUT2D eigenvalue weighted by molar-refractivity contribution is 0.756. The molecule has 0 amide bonds. The predicted molar refractivity (Wildman–Crippen MR) is 79.6 cm³/mol. The van der Waals surface area contributed by atoms with Crippen molar-refractivity contribution in [1.82, 2.24) is 20.2 Å². The first-order chi connectivity index (χ1) is 9.83. The van der Waals surface area contributed by atoms with Gasteiger partial charge >= 0.3 is 0 Å². The zero-order valence-electron chi connectivity index (χ0n) is 10.7. The Morgan fingerprint density at radius 2 is 1.75 bits per heavy atom. The fraction of sp³-hybridized carbons (Fsp3) is 0.0714. The Hall–Kier alpha value is -2.34. The average Bonchev–Trinajstić information content (AvgIpc) is 2.96. The van der Waals surface area contributed by atoms with Gasteiger partial charge in [0.1, 0.15) is 0 Å². The van der Waals surface area contributed by atoms with Gasteiger partial charge < -0.3 is 5.73 Å². The molecular formula is C14H13N5S. The zero-order valence-corrected chi connectivity index (χ0v) is 11.5. The van der Waals surface area contributed by atoms with Crippen LogP contribution < -0.4 is 5.73 Å². The van der Waals surface area contributed by atoms with E-state index in [1.807, 2.05) is 54.6 Å². The van der Waals surface area contributed by atoms with Gasteiger partial charge in [-0.1, -0.05) is 42.1 Å². The molecule has 0 unspecified atom stereocenters. The molecule has 1 aromatic heterocycles. The third-order valence-electron chi connectivity index (χ3n) is 2.79. The maximum Gasteiger partial charge on any atom is 0.214 e. The lowest BCUT2D eigenvalue weighted by Gasteiger charge is -2.04. The second-order valence-corrected chi connectivity index (χ2v) is 5.18. The van der Waals surface area contributed by atoms with Crippen molar-refractivity contribution in [3.8, 4) is 5.69 Å². The van der Waals surface area contributed by atoms with Crippen molar-refractivity contribution in [2.45, 2.75) is 10.9 Å². The molecule has 0 fully saturated rings. The van der Waals surface area contributed by atoms with E-state index in [9.17, 15) is 0 Å². The van der Waals surface area contributed by atoms with Gasteiger partial charge in [-0.25, -0.2) is 0 Å². The minimum atomic E-state index is 0.771. The standard InChI is InChI=1S/C14H13N5S/c15-12-8-6-11(7-9-12)10-20-14-16-17-18-19(14)13-4-2-1-3-5-13/h1-9H,10,15H2. The molecule has 0 aliphatic heterocycles. The summed E-state index contributed by atoms with van der Waals surface area (Å²) in [5, 5.41) is 12.6. The van der Waals surface area contributed by atoms with E-state index in [1.54, 1.807) is 16.4 Å². The molecular weight excluding hydrogens is 270 g/mol. The zero-order chi connectivity index (χ0) is 13.8. The fourth-order valence-corrected chi connectivity index (χ4v) is 2.61. The van der Waals surface area contributed by atoms with Gasteiger partial charge in [-0.05, 0) is 40.3 Å². The van der Waals surface area contributed by atoms with Gasteiger partial charge in [0, 0.05) is 11.4 Å². The summed E-state index contributed by atoms with van der Waals surface area (Å²) < 4.78 is 1.74. The number of aromatic nitrogens is 4. The molecule has 3 rings (SSSR count). The van der Waals surface area contributed by atoms with Gasteiger partial charge in [0.15, 0.2) is 0 Å². The van der Waals surface area contributed by atoms with Crippen LogP contribution in [0.4, 0.5) is 5.69 Å². The van der Waals surface area contributed by atoms with Gasteiger partial charge in [-0.2, -0.15) is 4.68 Å². The lowest BCUT2D eigenvalue weighted by atomic mass is 10.2. The molecule has 0 spiro atoms. The molecule has 6 heteroatoms. The van der Waals surface area contributed by atoms with Crippen molar-refractivity contribution < 1.29 is 0 Å². The van der Waals surface area contributed by atoms with Crippen molar-refractivity contribution in [3.05, 3.63) is 60.2 Å². The normalized spacial score (nSPS) is 10.6. The van der Waals surface area contributed by atoms with Gasteiger partial charge in [0.2, 0.25) is 5.16 Å². The summed E-state index contributed by atoms with van der Waals surface area (Å²) in [5.41, 5.74) is 8.59. The smallest absolute Gasteiger partial charge is 0.214 e. The summed E-state index contributed by atoms with van der Waals surface area (Å²) in [6.45, 7) is 0. The summed E-state index contributed by atoms with van der Waals surface area (Å²) in [7, 11) is 0. The van der Waals surface area contributed by atoms with Gasteiger partial charge in [-0.3, -0.25) is 0 Å². The molecule has 20 heavy (non-hydrogen) atoms. The van der Waals surface area contributed by atoms with Crippen molar-refractivity contribution in [3.63, 3.8) is 0 Å². The molecule has 0 aliphatic carbocycles. The highest BCUT2D eigenvalue weighted by Gasteiger charge is 2.08. The monoisotopic (exact) mass is 283 g/mol. The number of tetrazole rings is 1. The Labute approximate surface area is 120 Å². The van der Waals surface area contributed by atoms with E-state index < -0.39 is 0 Å². The number of nitrogens with two attached hydrogens (primary N) is 1. The van der Waals surface area contributed by atoms with Crippen LogP contribution in [0, 0.1) is 0 Å². The first-order valence-corrected chi connectivity index (χ1v) is 7.12. The van der Waals surface area contributed by atoms with Crippen molar-refractivity contribution in [2.75, 3.05) is 5.73 Å². The quantitative estimate of drug-likeness (QED) is 0.588. The first-order valence-electron chi connectivity index (χ1n) is 6.14. The topological polar surface area (TPSA) is 69.6 Å². The van der Waals surface area contributed by atoms with Crippen LogP contribution >= 0.6 is 11.8 Å². The highest BCUT2D eigenvalue weighted by Crippen LogP contribution is 2.22. The molecule has 0 aliphatic rings. The van der Waals surface area contributed by atoms with E-state index in [2.05, 4.69) is 15.5 Å². The summed E-state index contributed by atoms with van der Waals surface area (Å²) in [4.78, 5) is 0. The van der Waals surface area contributed by atoms with E-state index in [1.165, 1.54) is 5.56 Å². The molecule has 0 atom stereocenters. The first kappa shape index (κ1) is 12.7. The van der Waals surface area contributed by atoms with Gasteiger partial charge in [-0.15, -0.1) is 5.10 Å². The molecule has 0 saturated carbocycles. The Kier molecular flexibility index (Phi) is 3.64. The number of hydrogen-bond acceptors (Lipinski definition) is 5. The van der Waals surface area contributed by atoms with E-state index in [4.69, 9.17) is 5.73 Å². The van der Waals surface area contributed by atoms with Crippen LogP contribution in [0.15, 0.2) is 59.8 Å². The van der Waals surface area contributed by atoms with Gasteiger partial charge in [0.05, 0.1) is 5.69 Å². The number of nitrogens with zero attached hydrogens (tertiary/aromatic N) is 4. The lowest BCUT2D eigenvalue weighted by Crippen LogP contribution is -1.98. The number of para-hydroxylation sites is 1. The SMILES string of the molecule is Nc1ccc(CSc2nnnn2-c2ccccc2)cc1. The summed E-state index contributed by atoms with van der Waals surface area (Å²) >= 11 is 1.59. The fourth-order valence-electron chi connectivity index (χ4n) is 1.76. The summed E-state index contributed by atoms with van der Waals surface area (Å²) in [6.07, 6.45) is 0. The summed E-state index contributed by atoms with van der Waals surface area (Å²) in [6, 6.07) is 17.7. The maximum absolute atomic E-state index is 5.67. The third-order valence-corrected chi connectivity index (χ3v) is 3.78. The average molecular weight is 283 g/mol. The number of benzene rings is 2. The molecule has 3 aromatic rings. The highest BCUT2D eigenvalue weighted by atomic mass is 32.2. The number of hydrogen-bond donors (Lipinski definition) is 1. The van der Waals surface area contributed by atoms with Crippen molar-refractivity contribution in [1.29, 1.82) is 0 Å². The molecule has 100 valence electrons.